The lowest BCUT2D eigenvalue weighted by molar-refractivity contribution is 0.0696. The maximum absolute atomic E-state index is 13.6. The average molecular weight is 296 g/mol. The van der Waals surface area contributed by atoms with E-state index in [2.05, 4.69) is 15.3 Å². The van der Waals surface area contributed by atoms with E-state index in [1.165, 1.54) is 12.3 Å². The number of nitrogens with one attached hydrogen (secondary N) is 1. The molecule has 2 rings (SSSR count). The lowest BCUT2D eigenvalue weighted by atomic mass is 10.2. The Balaban J connectivity index is 2.19. The number of aromatic nitrogens is 2. The molecule has 0 bridgehead atoms. The Morgan fingerprint density at radius 1 is 1.25 bits per heavy atom. The first kappa shape index (κ1) is 13.9. The van der Waals surface area contributed by atoms with Crippen molar-refractivity contribution in [2.24, 2.45) is 0 Å². The molecule has 6 nitrogen and oxygen atoms in total. The largest absolute Gasteiger partial charge is 0.478 e. The number of benzene rings is 1. The van der Waals surface area contributed by atoms with Crippen molar-refractivity contribution in [1.29, 1.82) is 0 Å². The molecule has 0 atom stereocenters. The van der Waals surface area contributed by atoms with Crippen LogP contribution in [-0.4, -0.2) is 27.0 Å². The summed E-state index contributed by atoms with van der Waals surface area (Å²) in [5, 5.41) is 11.1. The van der Waals surface area contributed by atoms with Crippen LogP contribution in [-0.2, 0) is 0 Å². The summed E-state index contributed by atoms with van der Waals surface area (Å²) in [6.45, 7) is 0. The van der Waals surface area contributed by atoms with E-state index in [9.17, 15) is 14.0 Å². The van der Waals surface area contributed by atoms with E-state index < -0.39 is 17.7 Å². The minimum absolute atomic E-state index is 0.0453. The summed E-state index contributed by atoms with van der Waals surface area (Å²) in [7, 11) is 0. The molecule has 0 fully saturated rings. The molecule has 102 valence electrons. The Labute approximate surface area is 117 Å². The van der Waals surface area contributed by atoms with Gasteiger partial charge in [-0.25, -0.2) is 19.2 Å². The summed E-state index contributed by atoms with van der Waals surface area (Å²) in [4.78, 5) is 29.8. The van der Waals surface area contributed by atoms with E-state index in [4.69, 9.17) is 16.7 Å². The molecular weight excluding hydrogens is 289 g/mol. The van der Waals surface area contributed by atoms with Gasteiger partial charge in [-0.05, 0) is 18.2 Å². The fourth-order valence-corrected chi connectivity index (χ4v) is 1.46. The lowest BCUT2D eigenvalue weighted by Gasteiger charge is -2.06. The van der Waals surface area contributed by atoms with Crippen LogP contribution in [0.4, 0.5) is 10.1 Å². The molecule has 0 radical (unpaired) electrons. The third kappa shape index (κ3) is 3.07. The molecule has 0 spiro atoms. The number of hydrogen-bond donors (Lipinski definition) is 2. The molecule has 1 aromatic carbocycles. The van der Waals surface area contributed by atoms with Gasteiger partial charge in [0.2, 0.25) is 0 Å². The quantitative estimate of drug-likeness (QED) is 0.906. The number of hydrogen-bond acceptors (Lipinski definition) is 4. The zero-order valence-electron chi connectivity index (χ0n) is 9.80. The van der Waals surface area contributed by atoms with E-state index in [1.807, 2.05) is 0 Å². The Kier molecular flexibility index (Phi) is 3.90. The number of nitrogens with zero attached hydrogens (tertiary/aromatic N) is 2. The second kappa shape index (κ2) is 5.62. The maximum atomic E-state index is 13.6. The van der Waals surface area contributed by atoms with Gasteiger partial charge in [-0.15, -0.1) is 0 Å². The topological polar surface area (TPSA) is 92.2 Å². The highest BCUT2D eigenvalue weighted by Gasteiger charge is 2.13. The second-order valence-corrected chi connectivity index (χ2v) is 4.07. The summed E-state index contributed by atoms with van der Waals surface area (Å²) < 4.78 is 13.6. The van der Waals surface area contributed by atoms with Crippen LogP contribution in [0.1, 0.15) is 20.8 Å². The van der Waals surface area contributed by atoms with Gasteiger partial charge in [-0.3, -0.25) is 4.79 Å². The zero-order chi connectivity index (χ0) is 14.7. The summed E-state index contributed by atoms with van der Waals surface area (Å²) in [6, 6.07) is 3.14. The number of anilines is 1. The van der Waals surface area contributed by atoms with E-state index in [0.717, 1.165) is 18.3 Å². The number of amides is 1. The van der Waals surface area contributed by atoms with Gasteiger partial charge >= 0.3 is 5.97 Å². The summed E-state index contributed by atoms with van der Waals surface area (Å²) in [6.07, 6.45) is 2.32. The molecule has 8 heteroatoms. The van der Waals surface area contributed by atoms with Crippen molar-refractivity contribution in [2.45, 2.75) is 0 Å². The number of rotatable bonds is 3. The molecule has 2 N–H and O–H groups in total. The number of halogens is 2. The summed E-state index contributed by atoms with van der Waals surface area (Å²) in [5.41, 5.74) is -0.417. The predicted octanol–water partition coefficient (Wildman–Crippen LogP) is 2.22. The number of carboxylic acids is 1. The number of aromatic carboxylic acids is 1. The van der Waals surface area contributed by atoms with Crippen molar-refractivity contribution in [3.63, 3.8) is 0 Å². The molecule has 0 unspecified atom stereocenters. The minimum atomic E-state index is -1.26. The monoisotopic (exact) mass is 295 g/mol. The van der Waals surface area contributed by atoms with Crippen molar-refractivity contribution >= 4 is 29.2 Å². The second-order valence-electron chi connectivity index (χ2n) is 3.68. The van der Waals surface area contributed by atoms with Crippen LogP contribution in [0, 0.1) is 5.82 Å². The van der Waals surface area contributed by atoms with Crippen LogP contribution < -0.4 is 5.32 Å². The third-order valence-corrected chi connectivity index (χ3v) is 2.51. The first-order valence-corrected chi connectivity index (χ1v) is 5.67. The van der Waals surface area contributed by atoms with Gasteiger partial charge in [0.1, 0.15) is 16.7 Å². The highest BCUT2D eigenvalue weighted by molar-refractivity contribution is 6.29. The molecule has 1 heterocycles. The molecule has 0 saturated heterocycles. The van der Waals surface area contributed by atoms with E-state index in [-0.39, 0.29) is 22.1 Å². The lowest BCUT2D eigenvalue weighted by Crippen LogP contribution is -2.15. The van der Waals surface area contributed by atoms with E-state index in [1.54, 1.807) is 0 Å². The van der Waals surface area contributed by atoms with Gasteiger partial charge in [-0.2, -0.15) is 0 Å². The molecule has 1 amide bonds. The van der Waals surface area contributed by atoms with Gasteiger partial charge in [0.05, 0.1) is 23.6 Å². The van der Waals surface area contributed by atoms with E-state index >= 15 is 0 Å². The number of carboxylic acid groups (broad SMARTS) is 1. The van der Waals surface area contributed by atoms with Gasteiger partial charge in [0.15, 0.2) is 0 Å². The molecule has 20 heavy (non-hydrogen) atoms. The number of carbonyl (C=O) groups excluding carboxylic acids is 1. The first-order valence-electron chi connectivity index (χ1n) is 5.29. The van der Waals surface area contributed by atoms with Crippen molar-refractivity contribution in [3.05, 3.63) is 52.8 Å². The predicted molar refractivity (Wildman–Crippen MR) is 68.4 cm³/mol. The Morgan fingerprint density at radius 3 is 2.55 bits per heavy atom. The fraction of sp³-hybridized carbons (Fsp3) is 0. The summed E-state index contributed by atoms with van der Waals surface area (Å²) >= 11 is 5.53. The molecule has 0 saturated carbocycles. The Morgan fingerprint density at radius 2 is 2.00 bits per heavy atom. The minimum Gasteiger partial charge on any atom is -0.478 e. The Hall–Kier alpha value is -2.54. The smallest absolute Gasteiger partial charge is 0.335 e. The molecule has 1 aromatic heterocycles. The summed E-state index contributed by atoms with van der Waals surface area (Å²) in [5.74, 6) is -2.80. The molecule has 0 aliphatic rings. The van der Waals surface area contributed by atoms with Crippen molar-refractivity contribution < 1.29 is 19.1 Å². The SMILES string of the molecule is O=C(O)c1ccc(NC(=O)c2cnc(Cl)cn2)c(F)c1. The first-order chi connectivity index (χ1) is 9.47. The van der Waals surface area contributed by atoms with Crippen LogP contribution >= 0.6 is 11.6 Å². The highest BCUT2D eigenvalue weighted by Crippen LogP contribution is 2.16. The van der Waals surface area contributed by atoms with Crippen LogP contribution in [0.15, 0.2) is 30.6 Å². The Bertz CT molecular complexity index is 676. The number of carbonyl (C=O) groups is 2. The van der Waals surface area contributed by atoms with Crippen LogP contribution in [0.25, 0.3) is 0 Å². The zero-order valence-corrected chi connectivity index (χ0v) is 10.6. The average Bonchev–Trinajstić information content (AvgIpc) is 2.41. The highest BCUT2D eigenvalue weighted by atomic mass is 35.5. The fourth-order valence-electron chi connectivity index (χ4n) is 1.37. The van der Waals surface area contributed by atoms with Crippen molar-refractivity contribution in [2.75, 3.05) is 5.32 Å². The van der Waals surface area contributed by atoms with Crippen molar-refractivity contribution in [1.82, 2.24) is 9.97 Å². The molecule has 0 aliphatic heterocycles. The molecular formula is C12H7ClFN3O3. The standard InChI is InChI=1S/C12H7ClFN3O3/c13-10-5-15-9(4-16-10)11(18)17-8-2-1-6(12(19)20)3-7(8)14/h1-5H,(H,17,18)(H,19,20). The van der Waals surface area contributed by atoms with Crippen LogP contribution in [0.5, 0.6) is 0 Å². The van der Waals surface area contributed by atoms with Crippen LogP contribution in [0.2, 0.25) is 5.15 Å². The van der Waals surface area contributed by atoms with E-state index in [0.29, 0.717) is 0 Å². The molecule has 2 aromatic rings. The van der Waals surface area contributed by atoms with Crippen molar-refractivity contribution in [3.8, 4) is 0 Å². The van der Waals surface area contributed by atoms with Gasteiger partial charge in [0.25, 0.3) is 5.91 Å². The molecule has 0 aliphatic carbocycles. The maximum Gasteiger partial charge on any atom is 0.335 e. The van der Waals surface area contributed by atoms with Gasteiger partial charge in [0, 0.05) is 0 Å². The van der Waals surface area contributed by atoms with Crippen LogP contribution in [0.3, 0.4) is 0 Å². The van der Waals surface area contributed by atoms with Gasteiger partial charge < -0.3 is 10.4 Å². The third-order valence-electron chi connectivity index (χ3n) is 2.32. The normalized spacial score (nSPS) is 10.1. The van der Waals surface area contributed by atoms with Gasteiger partial charge in [-0.1, -0.05) is 11.6 Å².